The lowest BCUT2D eigenvalue weighted by Crippen LogP contribution is -2.43. The van der Waals surface area contributed by atoms with Crippen molar-refractivity contribution in [2.45, 2.75) is 38.6 Å². The molecule has 0 bridgehead atoms. The molecule has 1 aliphatic heterocycles. The number of nitrogens with two attached hydrogens (primary N) is 2. The third kappa shape index (κ3) is 2.91. The molecule has 8 heteroatoms. The van der Waals surface area contributed by atoms with Crippen LogP contribution in [0.5, 0.6) is 0 Å². The molecule has 4 heterocycles. The predicted octanol–water partition coefficient (Wildman–Crippen LogP) is 4.47. The minimum absolute atomic E-state index is 0.0413. The van der Waals surface area contributed by atoms with Gasteiger partial charge in [0, 0.05) is 23.5 Å². The summed E-state index contributed by atoms with van der Waals surface area (Å²) in [7, 11) is 0. The van der Waals surface area contributed by atoms with Gasteiger partial charge < -0.3 is 16.4 Å². The van der Waals surface area contributed by atoms with Crippen LogP contribution >= 0.6 is 22.7 Å². The molecule has 4 N–H and O–H groups in total. The van der Waals surface area contributed by atoms with E-state index in [-0.39, 0.29) is 17.8 Å². The number of nitriles is 1. The fourth-order valence-electron chi connectivity index (χ4n) is 3.96. The molecular weight excluding hydrogens is 390 g/mol. The van der Waals surface area contributed by atoms with Crippen molar-refractivity contribution in [2.75, 3.05) is 18.0 Å². The lowest BCUT2D eigenvalue weighted by Gasteiger charge is -2.35. The minimum Gasteiger partial charge on any atom is -0.397 e. The number of hydrogen-bond donors (Lipinski definition) is 2. The average molecular weight is 412 g/mol. The fourth-order valence-corrected chi connectivity index (χ4v) is 5.68. The van der Waals surface area contributed by atoms with Crippen LogP contribution in [0, 0.1) is 11.3 Å². The van der Waals surface area contributed by atoms with Crippen LogP contribution in [0.4, 0.5) is 11.5 Å². The summed E-state index contributed by atoms with van der Waals surface area (Å²) in [5.41, 5.74) is 14.8. The van der Waals surface area contributed by atoms with Crippen molar-refractivity contribution in [1.82, 2.24) is 9.88 Å². The Kier molecular flexibility index (Phi) is 4.96. The van der Waals surface area contributed by atoms with Crippen LogP contribution in [0.3, 0.4) is 0 Å². The molecule has 0 aromatic carbocycles. The van der Waals surface area contributed by atoms with Crippen LogP contribution in [0.2, 0.25) is 0 Å². The topological polar surface area (TPSA) is 109 Å². The van der Waals surface area contributed by atoms with Crippen molar-refractivity contribution in [3.8, 4) is 17.2 Å². The number of hydrogen-bond acceptors (Lipinski definition) is 7. The number of thiophene rings is 2. The molecule has 0 aliphatic carbocycles. The number of anilines is 2. The summed E-state index contributed by atoms with van der Waals surface area (Å²) in [5, 5.41) is 14.2. The highest BCUT2D eigenvalue weighted by atomic mass is 32.1. The molecule has 144 valence electrons. The highest BCUT2D eigenvalue weighted by Gasteiger charge is 2.31. The van der Waals surface area contributed by atoms with Crippen molar-refractivity contribution in [3.05, 3.63) is 27.3 Å². The number of fused-ring (bicyclic) bond motifs is 1. The predicted molar refractivity (Wildman–Crippen MR) is 115 cm³/mol. The maximum atomic E-state index is 13.3. The first-order chi connectivity index (χ1) is 13.6. The molecule has 6 nitrogen and oxygen atoms in total. The summed E-state index contributed by atoms with van der Waals surface area (Å²) in [4.78, 5) is 20.8. The largest absolute Gasteiger partial charge is 0.397 e. The Hall–Kier alpha value is -2.63. The van der Waals surface area contributed by atoms with Crippen molar-refractivity contribution in [1.29, 1.82) is 5.26 Å². The standard InChI is InChI=1S/C20H21N5OS2/c1-2-12-5-3-4-7-25(12)20(26)17-16(22)15-14(11-6-8-27-10-11)13(9-21)18(23)24-19(15)28-17/h6,8,10,12H,2-5,7,22H2,1H3,(H2,23,24). The lowest BCUT2D eigenvalue weighted by atomic mass is 9.98. The highest BCUT2D eigenvalue weighted by molar-refractivity contribution is 7.21. The van der Waals surface area contributed by atoms with Gasteiger partial charge in [0.05, 0.1) is 5.69 Å². The summed E-state index contributed by atoms with van der Waals surface area (Å²) >= 11 is 2.80. The summed E-state index contributed by atoms with van der Waals surface area (Å²) < 4.78 is 0. The summed E-state index contributed by atoms with van der Waals surface area (Å²) in [6.45, 7) is 2.86. The molecule has 1 fully saturated rings. The van der Waals surface area contributed by atoms with Crippen molar-refractivity contribution >= 4 is 50.3 Å². The van der Waals surface area contributed by atoms with E-state index in [1.54, 1.807) is 0 Å². The van der Waals surface area contributed by atoms with Crippen LogP contribution in [-0.4, -0.2) is 28.4 Å². The van der Waals surface area contributed by atoms with E-state index >= 15 is 0 Å². The van der Waals surface area contributed by atoms with E-state index in [0.717, 1.165) is 37.8 Å². The maximum absolute atomic E-state index is 13.3. The van der Waals surface area contributed by atoms with Gasteiger partial charge in [0.1, 0.15) is 27.2 Å². The number of carbonyl (C=O) groups is 1. The second-order valence-electron chi connectivity index (χ2n) is 6.95. The average Bonchev–Trinajstić information content (AvgIpc) is 3.35. The maximum Gasteiger partial charge on any atom is 0.266 e. The van der Waals surface area contributed by atoms with Gasteiger partial charge in [-0.05, 0) is 48.1 Å². The quantitative estimate of drug-likeness (QED) is 0.661. The third-order valence-corrected chi connectivity index (χ3v) is 7.15. The zero-order chi connectivity index (χ0) is 19.8. The smallest absolute Gasteiger partial charge is 0.266 e. The van der Waals surface area contributed by atoms with Gasteiger partial charge in [-0.3, -0.25) is 4.79 Å². The van der Waals surface area contributed by atoms with E-state index in [4.69, 9.17) is 11.5 Å². The molecule has 0 radical (unpaired) electrons. The van der Waals surface area contributed by atoms with Gasteiger partial charge in [0.2, 0.25) is 0 Å². The van der Waals surface area contributed by atoms with E-state index in [0.29, 0.717) is 31.9 Å². The zero-order valence-electron chi connectivity index (χ0n) is 15.6. The molecule has 0 spiro atoms. The first-order valence-electron chi connectivity index (χ1n) is 9.31. The summed E-state index contributed by atoms with van der Waals surface area (Å²) in [6.07, 6.45) is 4.12. The summed E-state index contributed by atoms with van der Waals surface area (Å²) in [6, 6.07) is 4.33. The number of likely N-dealkylation sites (tertiary alicyclic amines) is 1. The first kappa shape index (κ1) is 18.7. The number of carbonyl (C=O) groups excluding carboxylic acids is 1. The Labute approximate surface area is 171 Å². The fraction of sp³-hybridized carbons (Fsp3) is 0.350. The van der Waals surface area contributed by atoms with E-state index < -0.39 is 0 Å². The number of piperidine rings is 1. The molecule has 1 saturated heterocycles. The molecule has 1 amide bonds. The van der Waals surface area contributed by atoms with Crippen molar-refractivity contribution < 1.29 is 4.79 Å². The molecule has 1 atom stereocenters. The summed E-state index contributed by atoms with van der Waals surface area (Å²) in [5.74, 6) is 0.126. The number of nitrogens with zero attached hydrogens (tertiary/aromatic N) is 3. The number of nitrogen functional groups attached to an aromatic ring is 2. The molecule has 28 heavy (non-hydrogen) atoms. The number of amides is 1. The Morgan fingerprint density at radius 2 is 2.25 bits per heavy atom. The van der Waals surface area contributed by atoms with Gasteiger partial charge in [-0.2, -0.15) is 16.6 Å². The van der Waals surface area contributed by atoms with Crippen LogP contribution in [-0.2, 0) is 0 Å². The number of aromatic nitrogens is 1. The van der Waals surface area contributed by atoms with Crippen molar-refractivity contribution in [2.24, 2.45) is 0 Å². The van der Waals surface area contributed by atoms with Gasteiger partial charge in [0.25, 0.3) is 5.91 Å². The van der Waals surface area contributed by atoms with E-state index in [1.165, 1.54) is 22.7 Å². The SMILES string of the molecule is CCC1CCCCN1C(=O)c1sc2nc(N)c(C#N)c(-c3ccsc3)c2c1N. The van der Waals surface area contributed by atoms with Crippen LogP contribution in [0.25, 0.3) is 21.3 Å². The van der Waals surface area contributed by atoms with Gasteiger partial charge >= 0.3 is 0 Å². The Morgan fingerprint density at radius 1 is 1.43 bits per heavy atom. The van der Waals surface area contributed by atoms with Crippen LogP contribution in [0.15, 0.2) is 16.8 Å². The third-order valence-electron chi connectivity index (χ3n) is 5.38. The molecule has 3 aromatic rings. The van der Waals surface area contributed by atoms with Crippen LogP contribution < -0.4 is 11.5 Å². The van der Waals surface area contributed by atoms with Gasteiger partial charge in [-0.25, -0.2) is 4.98 Å². The molecular formula is C20H21N5OS2. The second-order valence-corrected chi connectivity index (χ2v) is 8.73. The molecule has 4 rings (SSSR count). The van der Waals surface area contributed by atoms with E-state index in [1.807, 2.05) is 21.7 Å². The van der Waals surface area contributed by atoms with E-state index in [9.17, 15) is 10.1 Å². The number of rotatable bonds is 3. The molecule has 1 unspecified atom stereocenters. The molecule has 1 aliphatic rings. The molecule has 3 aromatic heterocycles. The lowest BCUT2D eigenvalue weighted by molar-refractivity contribution is 0.0614. The monoisotopic (exact) mass is 411 g/mol. The minimum atomic E-state index is -0.0413. The van der Waals surface area contributed by atoms with Gasteiger partial charge in [0.15, 0.2) is 0 Å². The zero-order valence-corrected chi connectivity index (χ0v) is 17.2. The van der Waals surface area contributed by atoms with Gasteiger partial charge in [-0.1, -0.05) is 6.92 Å². The van der Waals surface area contributed by atoms with E-state index in [2.05, 4.69) is 18.0 Å². The van der Waals surface area contributed by atoms with Gasteiger partial charge in [-0.15, -0.1) is 11.3 Å². The normalized spacial score (nSPS) is 17.0. The highest BCUT2D eigenvalue weighted by Crippen LogP contribution is 2.43. The molecule has 0 saturated carbocycles. The van der Waals surface area contributed by atoms with Crippen molar-refractivity contribution in [3.63, 3.8) is 0 Å². The Bertz CT molecular complexity index is 1080. The first-order valence-corrected chi connectivity index (χ1v) is 11.1. The Balaban J connectivity index is 1.91. The number of pyridine rings is 1. The second kappa shape index (κ2) is 7.41. The van der Waals surface area contributed by atoms with Crippen LogP contribution in [0.1, 0.15) is 47.8 Å². The Morgan fingerprint density at radius 3 is 2.93 bits per heavy atom.